The number of amides is 2. The first kappa shape index (κ1) is 11.0. The minimum atomic E-state index is -1.38. The maximum Gasteiger partial charge on any atom is 0.332 e. The number of hydrazone groups is 1. The predicted octanol–water partition coefficient (Wildman–Crippen LogP) is 1.11. The van der Waals surface area contributed by atoms with Crippen molar-refractivity contribution < 1.29 is 18.0 Å². The smallest absolute Gasteiger partial charge is 0.332 e. The molecule has 4 nitrogen and oxygen atoms in total. The minimum absolute atomic E-state index is 0.624. The van der Waals surface area contributed by atoms with E-state index in [-0.39, 0.29) is 0 Å². The van der Waals surface area contributed by atoms with Crippen LogP contribution in [0.25, 0.3) is 0 Å². The normalized spacial score (nSPS) is 10.6. The highest BCUT2D eigenvalue weighted by Gasteiger charge is 2.11. The van der Waals surface area contributed by atoms with E-state index in [4.69, 9.17) is 0 Å². The fourth-order valence-electron chi connectivity index (χ4n) is 0.822. The van der Waals surface area contributed by atoms with Crippen LogP contribution in [0.2, 0.25) is 0 Å². The summed E-state index contributed by atoms with van der Waals surface area (Å²) in [6.07, 6.45) is 0.624. The largest absolute Gasteiger partial charge is 0.350 e. The van der Waals surface area contributed by atoms with Crippen molar-refractivity contribution in [1.82, 2.24) is 5.43 Å². The van der Waals surface area contributed by atoms with Crippen molar-refractivity contribution >= 4 is 12.2 Å². The second-order valence-corrected chi connectivity index (χ2v) is 2.49. The summed E-state index contributed by atoms with van der Waals surface area (Å²) in [5.74, 6) is -3.59. The van der Waals surface area contributed by atoms with Crippen LogP contribution in [0.4, 0.5) is 18.0 Å². The van der Waals surface area contributed by atoms with Gasteiger partial charge in [0.25, 0.3) is 0 Å². The van der Waals surface area contributed by atoms with Gasteiger partial charge in [0.1, 0.15) is 5.82 Å². The van der Waals surface area contributed by atoms with E-state index in [0.717, 1.165) is 6.07 Å². The van der Waals surface area contributed by atoms with Crippen molar-refractivity contribution in [3.8, 4) is 0 Å². The van der Waals surface area contributed by atoms with Crippen molar-refractivity contribution in [2.75, 3.05) is 0 Å². The van der Waals surface area contributed by atoms with Crippen LogP contribution in [0, 0.1) is 17.5 Å². The molecule has 2 amide bonds. The molecule has 80 valence electrons. The third-order valence-corrected chi connectivity index (χ3v) is 1.45. The molecule has 3 N–H and O–H groups in total. The van der Waals surface area contributed by atoms with Gasteiger partial charge in [-0.1, -0.05) is 0 Å². The third kappa shape index (κ3) is 2.70. The third-order valence-electron chi connectivity index (χ3n) is 1.45. The van der Waals surface area contributed by atoms with Gasteiger partial charge < -0.3 is 5.73 Å². The highest BCUT2D eigenvalue weighted by molar-refractivity contribution is 5.82. The van der Waals surface area contributed by atoms with Crippen LogP contribution in [-0.4, -0.2) is 12.2 Å². The SMILES string of the molecule is NC(=O)NN=Cc1c(F)ccc(F)c1F. The van der Waals surface area contributed by atoms with Crippen molar-refractivity contribution in [1.29, 1.82) is 0 Å². The number of nitrogens with one attached hydrogen (secondary N) is 1. The fourth-order valence-corrected chi connectivity index (χ4v) is 0.822. The number of hydrogen-bond donors (Lipinski definition) is 2. The Morgan fingerprint density at radius 2 is 1.93 bits per heavy atom. The zero-order valence-electron chi connectivity index (χ0n) is 7.30. The van der Waals surface area contributed by atoms with E-state index in [9.17, 15) is 18.0 Å². The summed E-state index contributed by atoms with van der Waals surface area (Å²) in [5.41, 5.74) is 5.67. The zero-order valence-corrected chi connectivity index (χ0v) is 7.30. The number of benzene rings is 1. The summed E-state index contributed by atoms with van der Waals surface area (Å²) in [6, 6.07) is 0.386. The first-order valence-corrected chi connectivity index (χ1v) is 3.74. The number of nitrogens with zero attached hydrogens (tertiary/aromatic N) is 1. The van der Waals surface area contributed by atoms with E-state index < -0.39 is 29.0 Å². The summed E-state index contributed by atoms with van der Waals surface area (Å²) in [7, 11) is 0. The molecule has 0 aliphatic rings. The number of carbonyl (C=O) groups is 1. The molecule has 0 aliphatic carbocycles. The number of primary amides is 1. The average Bonchev–Trinajstić information content (AvgIpc) is 2.17. The number of nitrogens with two attached hydrogens (primary N) is 1. The molecule has 0 aliphatic heterocycles. The van der Waals surface area contributed by atoms with Crippen LogP contribution in [0.5, 0.6) is 0 Å². The molecule has 0 bridgehead atoms. The second-order valence-electron chi connectivity index (χ2n) is 2.49. The quantitative estimate of drug-likeness (QED) is 0.435. The van der Waals surface area contributed by atoms with Gasteiger partial charge in [-0.15, -0.1) is 0 Å². The molecule has 0 aromatic heterocycles. The van der Waals surface area contributed by atoms with E-state index >= 15 is 0 Å². The lowest BCUT2D eigenvalue weighted by Crippen LogP contribution is -2.24. The molecule has 0 radical (unpaired) electrons. The molecule has 1 rings (SSSR count). The van der Waals surface area contributed by atoms with Crippen LogP contribution in [-0.2, 0) is 0 Å². The van der Waals surface area contributed by atoms with Crippen LogP contribution in [0.3, 0.4) is 0 Å². The Hall–Kier alpha value is -2.05. The van der Waals surface area contributed by atoms with Crippen LogP contribution in [0.1, 0.15) is 5.56 Å². The van der Waals surface area contributed by atoms with Crippen LogP contribution < -0.4 is 11.2 Å². The van der Waals surface area contributed by atoms with Gasteiger partial charge in [0.05, 0.1) is 11.8 Å². The van der Waals surface area contributed by atoms with Gasteiger partial charge >= 0.3 is 6.03 Å². The monoisotopic (exact) mass is 217 g/mol. The molecule has 0 saturated carbocycles. The molecular weight excluding hydrogens is 211 g/mol. The standard InChI is InChI=1S/C8H6F3N3O/c9-5-1-2-6(10)7(11)4(5)3-13-14-8(12)15/h1-3H,(H3,12,14,15). The Morgan fingerprint density at radius 3 is 2.53 bits per heavy atom. The summed E-state index contributed by atoms with van der Waals surface area (Å²) in [5, 5.41) is 3.11. The zero-order chi connectivity index (χ0) is 11.4. The first-order chi connectivity index (χ1) is 7.02. The van der Waals surface area contributed by atoms with Crippen LogP contribution >= 0.6 is 0 Å². The van der Waals surface area contributed by atoms with Crippen molar-refractivity contribution in [2.24, 2.45) is 10.8 Å². The maximum absolute atomic E-state index is 12.9. The Morgan fingerprint density at radius 1 is 1.33 bits per heavy atom. The fraction of sp³-hybridized carbons (Fsp3) is 0. The van der Waals surface area contributed by atoms with Gasteiger partial charge in [-0.2, -0.15) is 5.10 Å². The Balaban J connectivity index is 2.98. The Bertz CT molecular complexity index is 420. The summed E-state index contributed by atoms with van der Waals surface area (Å²) < 4.78 is 38.5. The molecule has 0 heterocycles. The predicted molar refractivity (Wildman–Crippen MR) is 46.6 cm³/mol. The molecule has 0 saturated heterocycles. The first-order valence-electron chi connectivity index (χ1n) is 3.74. The Kier molecular flexibility index (Phi) is 3.27. The maximum atomic E-state index is 12.9. The van der Waals surface area contributed by atoms with E-state index in [2.05, 4.69) is 10.8 Å². The lowest BCUT2D eigenvalue weighted by atomic mass is 10.2. The molecule has 1 aromatic carbocycles. The molecule has 0 unspecified atom stereocenters. The molecule has 0 atom stereocenters. The number of carbonyl (C=O) groups excluding carboxylic acids is 1. The van der Waals surface area contributed by atoms with E-state index in [1.165, 1.54) is 0 Å². The van der Waals surface area contributed by atoms with Crippen molar-refractivity contribution in [3.63, 3.8) is 0 Å². The van der Waals surface area contributed by atoms with Gasteiger partial charge in [-0.05, 0) is 12.1 Å². The number of urea groups is 1. The molecule has 0 spiro atoms. The number of halogens is 3. The highest BCUT2D eigenvalue weighted by Crippen LogP contribution is 2.13. The summed E-state index contributed by atoms with van der Waals surface area (Å²) >= 11 is 0. The minimum Gasteiger partial charge on any atom is -0.350 e. The molecular formula is C8H6F3N3O. The van der Waals surface area contributed by atoms with E-state index in [1.54, 1.807) is 5.43 Å². The lowest BCUT2D eigenvalue weighted by Gasteiger charge is -1.99. The van der Waals surface area contributed by atoms with Gasteiger partial charge in [0, 0.05) is 0 Å². The average molecular weight is 217 g/mol. The Labute approximate surface area is 82.6 Å². The number of rotatable bonds is 2. The summed E-state index contributed by atoms with van der Waals surface area (Å²) in [4.78, 5) is 10.2. The highest BCUT2D eigenvalue weighted by atomic mass is 19.2. The molecule has 7 heteroatoms. The van der Waals surface area contributed by atoms with Crippen molar-refractivity contribution in [3.05, 3.63) is 35.1 Å². The number of hydrogen-bond acceptors (Lipinski definition) is 2. The van der Waals surface area contributed by atoms with Crippen molar-refractivity contribution in [2.45, 2.75) is 0 Å². The van der Waals surface area contributed by atoms with E-state index in [1.807, 2.05) is 0 Å². The van der Waals surface area contributed by atoms with E-state index in [0.29, 0.717) is 12.3 Å². The van der Waals surface area contributed by atoms with Crippen LogP contribution in [0.15, 0.2) is 17.2 Å². The summed E-state index contributed by atoms with van der Waals surface area (Å²) in [6.45, 7) is 0. The molecule has 0 fully saturated rings. The topological polar surface area (TPSA) is 67.5 Å². The van der Waals surface area contributed by atoms with Gasteiger partial charge in [0.15, 0.2) is 11.6 Å². The van der Waals surface area contributed by atoms with Gasteiger partial charge in [0.2, 0.25) is 0 Å². The van der Waals surface area contributed by atoms with Gasteiger partial charge in [-0.3, -0.25) is 0 Å². The second kappa shape index (κ2) is 4.45. The lowest BCUT2D eigenvalue weighted by molar-refractivity contribution is 0.249. The van der Waals surface area contributed by atoms with Gasteiger partial charge in [-0.25, -0.2) is 23.4 Å². The molecule has 1 aromatic rings. The molecule has 15 heavy (non-hydrogen) atoms.